The van der Waals surface area contributed by atoms with Gasteiger partial charge in [-0.25, -0.2) is 9.18 Å². The van der Waals surface area contributed by atoms with Crippen LogP contribution >= 0.6 is 0 Å². The number of unbranched alkanes of at least 4 members (excludes halogenated alkanes) is 1. The van der Waals surface area contributed by atoms with E-state index < -0.39 is 23.2 Å². The van der Waals surface area contributed by atoms with Crippen LogP contribution in [0.25, 0.3) is 0 Å². The molecule has 7 heteroatoms. The van der Waals surface area contributed by atoms with Crippen LogP contribution in [0.15, 0.2) is 12.1 Å². The van der Waals surface area contributed by atoms with Crippen LogP contribution in [-0.2, 0) is 14.3 Å². The van der Waals surface area contributed by atoms with Crippen LogP contribution < -0.4 is 4.74 Å². The second kappa shape index (κ2) is 10.2. The van der Waals surface area contributed by atoms with Gasteiger partial charge < -0.3 is 14.2 Å². The van der Waals surface area contributed by atoms with Crippen molar-refractivity contribution >= 4 is 11.9 Å². The summed E-state index contributed by atoms with van der Waals surface area (Å²) in [6, 6.07) is 2.42. The summed E-state index contributed by atoms with van der Waals surface area (Å²) in [5.74, 6) is -3.99. The highest BCUT2D eigenvalue weighted by Gasteiger charge is 2.29. The third-order valence-electron chi connectivity index (χ3n) is 4.59. The first-order valence-corrected chi connectivity index (χ1v) is 9.46. The molecule has 1 saturated carbocycles. The Bertz CT molecular complexity index is 654. The predicted molar refractivity (Wildman–Crippen MR) is 94.6 cm³/mol. The van der Waals surface area contributed by atoms with Crippen LogP contribution in [0.4, 0.5) is 8.78 Å². The zero-order chi connectivity index (χ0) is 19.8. The van der Waals surface area contributed by atoms with Crippen LogP contribution in [0.5, 0.6) is 5.75 Å². The second-order valence-electron chi connectivity index (χ2n) is 6.57. The van der Waals surface area contributed by atoms with E-state index in [-0.39, 0.29) is 30.3 Å². The molecular weight excluding hydrogens is 358 g/mol. The fraction of sp³-hybridized carbons (Fsp3) is 0.600. The molecule has 1 aromatic carbocycles. The molecule has 1 aromatic rings. The molecule has 0 radical (unpaired) electrons. The molecule has 27 heavy (non-hydrogen) atoms. The quantitative estimate of drug-likeness (QED) is 0.490. The van der Waals surface area contributed by atoms with Crippen molar-refractivity contribution in [3.05, 3.63) is 29.3 Å². The number of ether oxygens (including phenoxy) is 3. The average molecular weight is 384 g/mol. The molecule has 5 nitrogen and oxygen atoms in total. The van der Waals surface area contributed by atoms with E-state index in [1.54, 1.807) is 6.92 Å². The van der Waals surface area contributed by atoms with Gasteiger partial charge in [0.1, 0.15) is 0 Å². The Balaban J connectivity index is 1.95. The van der Waals surface area contributed by atoms with Crippen LogP contribution in [-0.4, -0.2) is 31.3 Å². The van der Waals surface area contributed by atoms with Crippen molar-refractivity contribution in [2.24, 2.45) is 5.92 Å². The van der Waals surface area contributed by atoms with Gasteiger partial charge in [-0.2, -0.15) is 4.39 Å². The van der Waals surface area contributed by atoms with Crippen LogP contribution in [0.2, 0.25) is 0 Å². The Morgan fingerprint density at radius 3 is 2.37 bits per heavy atom. The maximum atomic E-state index is 14.3. The summed E-state index contributed by atoms with van der Waals surface area (Å²) in [6.45, 7) is 4.19. The zero-order valence-electron chi connectivity index (χ0n) is 15.8. The Kier molecular flexibility index (Phi) is 8.00. The van der Waals surface area contributed by atoms with E-state index in [1.807, 2.05) is 6.92 Å². The first kappa shape index (κ1) is 21.1. The molecule has 150 valence electrons. The van der Waals surface area contributed by atoms with E-state index in [9.17, 15) is 18.4 Å². The van der Waals surface area contributed by atoms with Gasteiger partial charge in [-0.1, -0.05) is 13.3 Å². The van der Waals surface area contributed by atoms with Gasteiger partial charge in [0.25, 0.3) is 0 Å². The van der Waals surface area contributed by atoms with Gasteiger partial charge in [-0.15, -0.1) is 0 Å². The monoisotopic (exact) mass is 384 g/mol. The fourth-order valence-electron chi connectivity index (χ4n) is 3.02. The molecule has 0 bridgehead atoms. The average Bonchev–Trinajstić information content (AvgIpc) is 2.66. The number of esters is 2. The third-order valence-corrected chi connectivity index (χ3v) is 4.59. The van der Waals surface area contributed by atoms with Gasteiger partial charge in [-0.05, 0) is 51.2 Å². The Morgan fingerprint density at radius 1 is 1.04 bits per heavy atom. The van der Waals surface area contributed by atoms with Crippen molar-refractivity contribution in [2.45, 2.75) is 58.5 Å². The fourth-order valence-corrected chi connectivity index (χ4v) is 3.02. The van der Waals surface area contributed by atoms with Gasteiger partial charge >= 0.3 is 11.9 Å². The molecule has 1 aliphatic carbocycles. The normalized spacial score (nSPS) is 19.4. The molecule has 1 fully saturated rings. The van der Waals surface area contributed by atoms with Gasteiger partial charge in [0.15, 0.2) is 11.6 Å². The lowest BCUT2D eigenvalue weighted by molar-refractivity contribution is -0.149. The molecule has 0 spiro atoms. The van der Waals surface area contributed by atoms with E-state index in [2.05, 4.69) is 0 Å². The van der Waals surface area contributed by atoms with Gasteiger partial charge in [0, 0.05) is 0 Å². The Hall–Kier alpha value is -2.18. The van der Waals surface area contributed by atoms with Crippen LogP contribution in [0.3, 0.4) is 0 Å². The minimum absolute atomic E-state index is 0.165. The van der Waals surface area contributed by atoms with E-state index in [4.69, 9.17) is 14.2 Å². The molecule has 0 N–H and O–H groups in total. The highest BCUT2D eigenvalue weighted by molar-refractivity contribution is 5.89. The number of hydrogen-bond acceptors (Lipinski definition) is 5. The second-order valence-corrected chi connectivity index (χ2v) is 6.57. The third kappa shape index (κ3) is 5.65. The summed E-state index contributed by atoms with van der Waals surface area (Å²) in [7, 11) is 0. The molecular formula is C20H26F2O5. The summed E-state index contributed by atoms with van der Waals surface area (Å²) >= 11 is 0. The smallest absolute Gasteiger partial charge is 0.341 e. The van der Waals surface area contributed by atoms with Gasteiger partial charge in [-0.3, -0.25) is 4.79 Å². The van der Waals surface area contributed by atoms with Crippen molar-refractivity contribution < 1.29 is 32.6 Å². The lowest BCUT2D eigenvalue weighted by Gasteiger charge is -2.28. The highest BCUT2D eigenvalue weighted by atomic mass is 19.2. The molecule has 0 heterocycles. The van der Waals surface area contributed by atoms with E-state index >= 15 is 0 Å². The Labute approximate surface area is 158 Å². The summed E-state index contributed by atoms with van der Waals surface area (Å²) < 4.78 is 44.0. The summed E-state index contributed by atoms with van der Waals surface area (Å²) in [5, 5.41) is 0. The number of carbonyl (C=O) groups excluding carboxylic acids is 2. The van der Waals surface area contributed by atoms with Crippen molar-refractivity contribution in [2.75, 3.05) is 13.2 Å². The number of hydrogen-bond donors (Lipinski definition) is 0. The van der Waals surface area contributed by atoms with Crippen LogP contribution in [0, 0.1) is 17.6 Å². The molecule has 0 aromatic heterocycles. The van der Waals surface area contributed by atoms with E-state index in [1.165, 1.54) is 12.1 Å². The number of rotatable bonds is 8. The minimum Gasteiger partial charge on any atom is -0.487 e. The minimum atomic E-state index is -1.27. The lowest BCUT2D eigenvalue weighted by atomic mass is 9.87. The highest BCUT2D eigenvalue weighted by Crippen LogP contribution is 2.31. The topological polar surface area (TPSA) is 61.8 Å². The van der Waals surface area contributed by atoms with Crippen molar-refractivity contribution in [3.8, 4) is 5.75 Å². The molecule has 0 atom stereocenters. The van der Waals surface area contributed by atoms with Crippen molar-refractivity contribution in [3.63, 3.8) is 0 Å². The summed E-state index contributed by atoms with van der Waals surface area (Å²) in [6.07, 6.45) is 3.43. The zero-order valence-corrected chi connectivity index (χ0v) is 15.8. The standard InChI is InChI=1S/C20H26F2O5/c1-3-5-12-26-20(24)15-10-11-16(18(22)17(15)21)27-14-8-6-13(7-9-14)19(23)25-4-2/h10-11,13-14H,3-9,12H2,1-2H3/t13-,14+. The maximum Gasteiger partial charge on any atom is 0.341 e. The first-order valence-electron chi connectivity index (χ1n) is 9.46. The van der Waals surface area contributed by atoms with Crippen LogP contribution in [0.1, 0.15) is 62.7 Å². The molecule has 0 unspecified atom stereocenters. The number of carbonyl (C=O) groups is 2. The Morgan fingerprint density at radius 2 is 1.74 bits per heavy atom. The van der Waals surface area contributed by atoms with Gasteiger partial charge in [0.05, 0.1) is 30.8 Å². The summed E-state index contributed by atoms with van der Waals surface area (Å²) in [5.41, 5.74) is -0.443. The number of benzene rings is 1. The van der Waals surface area contributed by atoms with E-state index in [0.29, 0.717) is 38.7 Å². The maximum absolute atomic E-state index is 14.3. The molecule has 2 rings (SSSR count). The molecule has 0 amide bonds. The van der Waals surface area contributed by atoms with E-state index in [0.717, 1.165) is 6.42 Å². The summed E-state index contributed by atoms with van der Waals surface area (Å²) in [4.78, 5) is 23.6. The predicted octanol–water partition coefficient (Wildman–Crippen LogP) is 4.42. The first-order chi connectivity index (χ1) is 13.0. The molecule has 0 aliphatic heterocycles. The lowest BCUT2D eigenvalue weighted by Crippen LogP contribution is -2.29. The van der Waals surface area contributed by atoms with Crippen molar-refractivity contribution in [1.29, 1.82) is 0 Å². The largest absolute Gasteiger partial charge is 0.487 e. The van der Waals surface area contributed by atoms with Gasteiger partial charge in [0.2, 0.25) is 5.82 Å². The number of halogens is 2. The molecule has 1 aliphatic rings. The molecule has 0 saturated heterocycles. The SMILES string of the molecule is CCCCOC(=O)c1ccc(O[C@H]2CC[C@@H](C(=O)OCC)CC2)c(F)c1F. The van der Waals surface area contributed by atoms with Crippen molar-refractivity contribution in [1.82, 2.24) is 0 Å².